The Morgan fingerprint density at radius 2 is 1.87 bits per heavy atom. The van der Waals surface area contributed by atoms with Crippen LogP contribution in [0.4, 0.5) is 0 Å². The first-order valence-electron chi connectivity index (χ1n) is 9.73. The number of nitrogens with zero attached hydrogens (tertiary/aromatic N) is 1. The van der Waals surface area contributed by atoms with Crippen molar-refractivity contribution in [1.82, 2.24) is 4.90 Å². The molecule has 1 aliphatic heterocycles. The number of amides is 1. The van der Waals surface area contributed by atoms with E-state index in [1.165, 1.54) is 19.3 Å². The minimum absolute atomic E-state index is 0.107. The van der Waals surface area contributed by atoms with Gasteiger partial charge < -0.3 is 10.0 Å². The molecule has 1 saturated heterocycles. The third-order valence-electron chi connectivity index (χ3n) is 8.82. The van der Waals surface area contributed by atoms with Crippen molar-refractivity contribution in [2.45, 2.75) is 77.9 Å². The average Bonchev–Trinajstić information content (AvgIpc) is 2.73. The van der Waals surface area contributed by atoms with Gasteiger partial charge in [-0.1, -0.05) is 20.8 Å². The van der Waals surface area contributed by atoms with Gasteiger partial charge >= 0.3 is 0 Å². The monoisotopic (exact) mass is 319 g/mol. The van der Waals surface area contributed by atoms with Crippen LogP contribution in [0, 0.1) is 34.5 Å². The molecule has 1 amide bonds. The molecular formula is C20H33NO2. The minimum atomic E-state index is -0.107. The lowest BCUT2D eigenvalue weighted by molar-refractivity contribution is -0.161. The van der Waals surface area contributed by atoms with E-state index in [-0.39, 0.29) is 11.5 Å². The second kappa shape index (κ2) is 4.97. The van der Waals surface area contributed by atoms with Gasteiger partial charge in [-0.05, 0) is 73.0 Å². The molecule has 0 bridgehead atoms. The summed E-state index contributed by atoms with van der Waals surface area (Å²) in [5.41, 5.74) is 0.431. The topological polar surface area (TPSA) is 40.5 Å². The van der Waals surface area contributed by atoms with Crippen LogP contribution in [0.3, 0.4) is 0 Å². The summed E-state index contributed by atoms with van der Waals surface area (Å²) in [5.74, 6) is 3.16. The summed E-state index contributed by atoms with van der Waals surface area (Å²) in [6.45, 7) is 7.19. The van der Waals surface area contributed by atoms with Crippen molar-refractivity contribution in [3.63, 3.8) is 0 Å². The van der Waals surface area contributed by atoms with E-state index in [2.05, 4.69) is 25.7 Å². The van der Waals surface area contributed by atoms with E-state index in [0.717, 1.165) is 37.5 Å². The minimum Gasteiger partial charge on any atom is -0.393 e. The first-order valence-corrected chi connectivity index (χ1v) is 9.73. The number of rotatable bonds is 0. The molecular weight excluding hydrogens is 286 g/mol. The van der Waals surface area contributed by atoms with E-state index < -0.39 is 0 Å². The van der Waals surface area contributed by atoms with Gasteiger partial charge in [0.25, 0.3) is 0 Å². The largest absolute Gasteiger partial charge is 0.393 e. The van der Waals surface area contributed by atoms with Crippen LogP contribution in [-0.4, -0.2) is 35.1 Å². The highest BCUT2D eigenvalue weighted by atomic mass is 16.3. The molecule has 0 aromatic heterocycles. The van der Waals surface area contributed by atoms with Crippen LogP contribution in [0.15, 0.2) is 0 Å². The normalized spacial score (nSPS) is 56.0. The van der Waals surface area contributed by atoms with Crippen molar-refractivity contribution in [2.75, 3.05) is 7.05 Å². The van der Waals surface area contributed by atoms with Crippen molar-refractivity contribution in [1.29, 1.82) is 0 Å². The van der Waals surface area contributed by atoms with Crippen molar-refractivity contribution in [2.24, 2.45) is 34.5 Å². The molecule has 4 unspecified atom stereocenters. The standard InChI is InChI=1S/C20H33NO2/c1-12-11-16(22)20(3)9-7-14-13(18(12)20)5-6-15-19(14,2)10-8-17(23)21(15)4/h12-16,18,22H,5-11H2,1-4H3/t12-,13?,14?,15?,16+,18?,19-,20-/m1/s1. The van der Waals surface area contributed by atoms with Crippen molar-refractivity contribution < 1.29 is 9.90 Å². The molecule has 0 radical (unpaired) electrons. The number of aliphatic hydroxyl groups excluding tert-OH is 1. The quantitative estimate of drug-likeness (QED) is 0.743. The van der Waals surface area contributed by atoms with Crippen LogP contribution in [0.2, 0.25) is 0 Å². The smallest absolute Gasteiger partial charge is 0.222 e. The molecule has 8 atom stereocenters. The number of hydrogen-bond donors (Lipinski definition) is 1. The molecule has 3 aliphatic carbocycles. The van der Waals surface area contributed by atoms with Gasteiger partial charge in [-0.2, -0.15) is 0 Å². The summed E-state index contributed by atoms with van der Waals surface area (Å²) in [5, 5.41) is 10.7. The Balaban J connectivity index is 1.68. The highest BCUT2D eigenvalue weighted by Crippen LogP contribution is 2.65. The van der Waals surface area contributed by atoms with Crippen molar-refractivity contribution in [3.8, 4) is 0 Å². The van der Waals surface area contributed by atoms with Gasteiger partial charge in [-0.15, -0.1) is 0 Å². The van der Waals surface area contributed by atoms with Crippen LogP contribution in [0.25, 0.3) is 0 Å². The Labute approximate surface area is 140 Å². The highest BCUT2D eigenvalue weighted by molar-refractivity contribution is 5.77. The fourth-order valence-corrected chi connectivity index (χ4v) is 7.66. The molecule has 23 heavy (non-hydrogen) atoms. The third-order valence-corrected chi connectivity index (χ3v) is 8.82. The van der Waals surface area contributed by atoms with Crippen LogP contribution < -0.4 is 0 Å². The molecule has 0 aromatic carbocycles. The number of carbonyl (C=O) groups is 1. The van der Waals surface area contributed by atoms with E-state index in [4.69, 9.17) is 0 Å². The molecule has 4 rings (SSSR count). The van der Waals surface area contributed by atoms with Gasteiger partial charge in [0.05, 0.1) is 6.10 Å². The van der Waals surface area contributed by atoms with Gasteiger partial charge in [0, 0.05) is 19.5 Å². The van der Waals surface area contributed by atoms with Crippen LogP contribution >= 0.6 is 0 Å². The number of likely N-dealkylation sites (tertiary alicyclic amines) is 1. The summed E-state index contributed by atoms with van der Waals surface area (Å²) in [7, 11) is 2.03. The number of piperidine rings is 1. The van der Waals surface area contributed by atoms with E-state index >= 15 is 0 Å². The third kappa shape index (κ3) is 1.95. The fraction of sp³-hybridized carbons (Fsp3) is 0.950. The molecule has 3 nitrogen and oxygen atoms in total. The molecule has 130 valence electrons. The summed E-state index contributed by atoms with van der Waals surface area (Å²) in [6, 6.07) is 0.441. The molecule has 4 fully saturated rings. The Morgan fingerprint density at radius 1 is 1.13 bits per heavy atom. The van der Waals surface area contributed by atoms with E-state index in [1.54, 1.807) is 0 Å². The Bertz CT molecular complexity index is 520. The highest BCUT2D eigenvalue weighted by Gasteiger charge is 2.62. The lowest BCUT2D eigenvalue weighted by Crippen LogP contribution is -2.61. The maximum Gasteiger partial charge on any atom is 0.222 e. The van der Waals surface area contributed by atoms with E-state index in [9.17, 15) is 9.90 Å². The predicted octanol–water partition coefficient (Wildman–Crippen LogP) is 3.46. The van der Waals surface area contributed by atoms with Gasteiger partial charge in [-0.25, -0.2) is 0 Å². The van der Waals surface area contributed by atoms with E-state index in [0.29, 0.717) is 29.2 Å². The maximum absolute atomic E-state index is 12.2. The predicted molar refractivity (Wildman–Crippen MR) is 90.7 cm³/mol. The number of hydrogen-bond acceptors (Lipinski definition) is 2. The summed E-state index contributed by atoms with van der Waals surface area (Å²) >= 11 is 0. The molecule has 3 heteroatoms. The lowest BCUT2D eigenvalue weighted by Gasteiger charge is -2.62. The number of aliphatic hydroxyl groups is 1. The van der Waals surface area contributed by atoms with E-state index in [1.807, 2.05) is 7.05 Å². The van der Waals surface area contributed by atoms with Crippen LogP contribution in [-0.2, 0) is 4.79 Å². The van der Waals surface area contributed by atoms with Crippen molar-refractivity contribution in [3.05, 3.63) is 0 Å². The first kappa shape index (κ1) is 15.9. The second-order valence-corrected chi connectivity index (χ2v) is 9.67. The summed E-state index contributed by atoms with van der Waals surface area (Å²) in [6.07, 6.45) is 7.51. The molecule has 3 saturated carbocycles. The SMILES string of the molecule is C[C@@H]1C[C@H](O)[C@@]2(C)CCC3C(CCC4N(C)C(=O)CC[C@]34C)C12. The zero-order valence-electron chi connectivity index (χ0n) is 15.2. The van der Waals surface area contributed by atoms with Gasteiger partial charge in [0.1, 0.15) is 0 Å². The Kier molecular flexibility index (Phi) is 3.44. The summed E-state index contributed by atoms with van der Waals surface area (Å²) in [4.78, 5) is 14.2. The van der Waals surface area contributed by atoms with Gasteiger partial charge in [0.15, 0.2) is 0 Å². The molecule has 0 spiro atoms. The zero-order chi connectivity index (χ0) is 16.6. The zero-order valence-corrected chi connectivity index (χ0v) is 15.2. The molecule has 1 heterocycles. The van der Waals surface area contributed by atoms with Crippen molar-refractivity contribution >= 4 is 5.91 Å². The Hall–Kier alpha value is -0.570. The number of fused-ring (bicyclic) bond motifs is 5. The van der Waals surface area contributed by atoms with Gasteiger partial charge in [0.2, 0.25) is 5.91 Å². The number of carbonyl (C=O) groups excluding carboxylic acids is 1. The summed E-state index contributed by atoms with van der Waals surface area (Å²) < 4.78 is 0. The maximum atomic E-state index is 12.2. The van der Waals surface area contributed by atoms with Crippen LogP contribution in [0.1, 0.15) is 65.7 Å². The molecule has 0 aromatic rings. The average molecular weight is 319 g/mol. The molecule has 1 N–H and O–H groups in total. The van der Waals surface area contributed by atoms with Crippen LogP contribution in [0.5, 0.6) is 0 Å². The second-order valence-electron chi connectivity index (χ2n) is 9.67. The first-order chi connectivity index (χ1) is 10.8. The lowest BCUT2D eigenvalue weighted by atomic mass is 9.46. The Morgan fingerprint density at radius 3 is 2.61 bits per heavy atom. The fourth-order valence-electron chi connectivity index (χ4n) is 7.66. The molecule has 4 aliphatic rings. The van der Waals surface area contributed by atoms with Gasteiger partial charge in [-0.3, -0.25) is 4.79 Å².